The van der Waals surface area contributed by atoms with Crippen molar-refractivity contribution in [2.45, 2.75) is 45.1 Å². The van der Waals surface area contributed by atoms with Gasteiger partial charge in [-0.1, -0.05) is 6.92 Å². The minimum Gasteiger partial charge on any atom is -0.313 e. The van der Waals surface area contributed by atoms with E-state index in [1.807, 2.05) is 11.8 Å². The third kappa shape index (κ3) is 2.90. The molecule has 2 heteroatoms. The second-order valence-electron chi connectivity index (χ2n) is 5.33. The first-order valence-corrected chi connectivity index (χ1v) is 7.36. The Morgan fingerprint density at radius 1 is 1.29 bits per heavy atom. The van der Waals surface area contributed by atoms with Crippen LogP contribution in [-0.4, -0.2) is 24.6 Å². The summed E-state index contributed by atoms with van der Waals surface area (Å²) < 4.78 is 0. The lowest BCUT2D eigenvalue weighted by Crippen LogP contribution is -2.35. The van der Waals surface area contributed by atoms with Crippen LogP contribution in [0.15, 0.2) is 0 Å². The molecule has 1 unspecified atom stereocenters. The first-order valence-electron chi connectivity index (χ1n) is 5.97. The first-order chi connectivity index (χ1) is 6.74. The fourth-order valence-corrected chi connectivity index (χ4v) is 2.89. The SMILES string of the molecule is CSCCC(C)(CNC1CC1)C1CC1. The van der Waals surface area contributed by atoms with Crippen LogP contribution in [0.25, 0.3) is 0 Å². The van der Waals surface area contributed by atoms with Crippen LogP contribution in [0.4, 0.5) is 0 Å². The van der Waals surface area contributed by atoms with E-state index < -0.39 is 0 Å². The third-order valence-electron chi connectivity index (χ3n) is 3.81. The van der Waals surface area contributed by atoms with Crippen LogP contribution in [-0.2, 0) is 0 Å². The van der Waals surface area contributed by atoms with Gasteiger partial charge in [0.25, 0.3) is 0 Å². The smallest absolute Gasteiger partial charge is 0.00684 e. The van der Waals surface area contributed by atoms with Crippen LogP contribution >= 0.6 is 11.8 Å². The zero-order chi connectivity index (χ0) is 10.0. The molecule has 2 rings (SSSR count). The molecule has 0 aromatic rings. The van der Waals surface area contributed by atoms with Gasteiger partial charge in [0.1, 0.15) is 0 Å². The van der Waals surface area contributed by atoms with Gasteiger partial charge in [-0.3, -0.25) is 0 Å². The minimum atomic E-state index is 0.603. The summed E-state index contributed by atoms with van der Waals surface area (Å²) in [4.78, 5) is 0. The van der Waals surface area contributed by atoms with Gasteiger partial charge in [-0.2, -0.15) is 11.8 Å². The maximum absolute atomic E-state index is 3.72. The van der Waals surface area contributed by atoms with Crippen LogP contribution < -0.4 is 5.32 Å². The summed E-state index contributed by atoms with van der Waals surface area (Å²) in [5.74, 6) is 2.36. The molecule has 82 valence electrons. The van der Waals surface area contributed by atoms with Crippen molar-refractivity contribution in [3.05, 3.63) is 0 Å². The molecule has 2 fully saturated rings. The fraction of sp³-hybridized carbons (Fsp3) is 1.00. The highest BCUT2D eigenvalue weighted by Gasteiger charge is 2.41. The maximum atomic E-state index is 3.72. The second kappa shape index (κ2) is 4.44. The van der Waals surface area contributed by atoms with Crippen molar-refractivity contribution in [3.63, 3.8) is 0 Å². The van der Waals surface area contributed by atoms with Gasteiger partial charge in [-0.05, 0) is 55.4 Å². The number of hydrogen-bond acceptors (Lipinski definition) is 2. The molecule has 1 atom stereocenters. The lowest BCUT2D eigenvalue weighted by Gasteiger charge is -2.30. The molecule has 0 saturated heterocycles. The van der Waals surface area contributed by atoms with E-state index in [2.05, 4.69) is 18.5 Å². The van der Waals surface area contributed by atoms with Crippen molar-refractivity contribution in [2.24, 2.45) is 11.3 Å². The van der Waals surface area contributed by atoms with Crippen molar-refractivity contribution in [1.82, 2.24) is 5.32 Å². The molecule has 0 bridgehead atoms. The normalized spacial score (nSPS) is 26.1. The van der Waals surface area contributed by atoms with Gasteiger partial charge >= 0.3 is 0 Å². The van der Waals surface area contributed by atoms with Crippen LogP contribution in [0, 0.1) is 11.3 Å². The zero-order valence-electron chi connectivity index (χ0n) is 9.51. The minimum absolute atomic E-state index is 0.603. The Hall–Kier alpha value is 0.310. The molecular formula is C12H23NS. The first kappa shape index (κ1) is 10.8. The average Bonchev–Trinajstić information content (AvgIpc) is 3.05. The van der Waals surface area contributed by atoms with Gasteiger partial charge in [0.15, 0.2) is 0 Å². The topological polar surface area (TPSA) is 12.0 Å². The molecule has 1 nitrogen and oxygen atoms in total. The Balaban J connectivity index is 1.77. The lowest BCUT2D eigenvalue weighted by atomic mass is 9.82. The summed E-state index contributed by atoms with van der Waals surface area (Å²) in [7, 11) is 0. The Labute approximate surface area is 92.4 Å². The summed E-state index contributed by atoms with van der Waals surface area (Å²) >= 11 is 2.00. The van der Waals surface area contributed by atoms with E-state index in [-0.39, 0.29) is 0 Å². The standard InChI is InChI=1S/C12H23NS/c1-12(7-8-14-2,10-3-4-10)9-13-11-5-6-11/h10-11,13H,3-9H2,1-2H3. The van der Waals surface area contributed by atoms with E-state index in [9.17, 15) is 0 Å². The molecule has 0 amide bonds. The van der Waals surface area contributed by atoms with E-state index in [0.29, 0.717) is 5.41 Å². The number of hydrogen-bond donors (Lipinski definition) is 1. The summed E-state index contributed by atoms with van der Waals surface area (Å²) in [6.45, 7) is 3.76. The largest absolute Gasteiger partial charge is 0.313 e. The molecule has 0 aromatic heterocycles. The Morgan fingerprint density at radius 2 is 2.00 bits per heavy atom. The predicted octanol–water partition coefficient (Wildman–Crippen LogP) is 2.91. The zero-order valence-corrected chi connectivity index (χ0v) is 10.3. The van der Waals surface area contributed by atoms with Gasteiger partial charge < -0.3 is 5.32 Å². The fourth-order valence-electron chi connectivity index (χ4n) is 2.22. The van der Waals surface area contributed by atoms with Crippen LogP contribution in [0.2, 0.25) is 0 Å². The molecule has 0 radical (unpaired) electrons. The predicted molar refractivity (Wildman–Crippen MR) is 64.9 cm³/mol. The molecule has 2 aliphatic rings. The Bertz CT molecular complexity index is 187. The molecule has 0 aromatic carbocycles. The van der Waals surface area contributed by atoms with E-state index in [0.717, 1.165) is 12.0 Å². The van der Waals surface area contributed by atoms with Gasteiger partial charge in [-0.25, -0.2) is 0 Å². The average molecular weight is 213 g/mol. The van der Waals surface area contributed by atoms with Crippen LogP contribution in [0.1, 0.15) is 39.0 Å². The highest BCUT2D eigenvalue weighted by Crippen LogP contribution is 2.47. The summed E-state index contributed by atoms with van der Waals surface area (Å²) in [6.07, 6.45) is 9.43. The lowest BCUT2D eigenvalue weighted by molar-refractivity contribution is 0.249. The molecule has 0 spiro atoms. The second-order valence-corrected chi connectivity index (χ2v) is 6.31. The van der Waals surface area contributed by atoms with Crippen molar-refractivity contribution in [2.75, 3.05) is 18.6 Å². The van der Waals surface area contributed by atoms with Gasteiger partial charge in [0.2, 0.25) is 0 Å². The highest BCUT2D eigenvalue weighted by atomic mass is 32.2. The van der Waals surface area contributed by atoms with Gasteiger partial charge in [-0.15, -0.1) is 0 Å². The summed E-state index contributed by atoms with van der Waals surface area (Å²) in [5.41, 5.74) is 0.603. The van der Waals surface area contributed by atoms with Crippen molar-refractivity contribution >= 4 is 11.8 Å². The number of thioether (sulfide) groups is 1. The number of nitrogens with one attached hydrogen (secondary N) is 1. The Kier molecular flexibility index (Phi) is 3.43. The molecule has 2 aliphatic carbocycles. The molecule has 0 aliphatic heterocycles. The van der Waals surface area contributed by atoms with E-state index in [1.165, 1.54) is 44.4 Å². The monoisotopic (exact) mass is 213 g/mol. The Morgan fingerprint density at radius 3 is 2.50 bits per heavy atom. The van der Waals surface area contributed by atoms with E-state index in [1.54, 1.807) is 0 Å². The molecule has 0 heterocycles. The van der Waals surface area contributed by atoms with Crippen LogP contribution in [0.3, 0.4) is 0 Å². The van der Waals surface area contributed by atoms with E-state index in [4.69, 9.17) is 0 Å². The van der Waals surface area contributed by atoms with Crippen molar-refractivity contribution in [3.8, 4) is 0 Å². The highest BCUT2D eigenvalue weighted by molar-refractivity contribution is 7.98. The van der Waals surface area contributed by atoms with Gasteiger partial charge in [0, 0.05) is 12.6 Å². The third-order valence-corrected chi connectivity index (χ3v) is 4.42. The van der Waals surface area contributed by atoms with E-state index >= 15 is 0 Å². The maximum Gasteiger partial charge on any atom is 0.00684 e. The van der Waals surface area contributed by atoms with Crippen LogP contribution in [0.5, 0.6) is 0 Å². The molecule has 14 heavy (non-hydrogen) atoms. The molecule has 2 saturated carbocycles. The molecule has 1 N–H and O–H groups in total. The summed E-state index contributed by atoms with van der Waals surface area (Å²) in [5, 5.41) is 3.72. The van der Waals surface area contributed by atoms with Crippen molar-refractivity contribution in [1.29, 1.82) is 0 Å². The van der Waals surface area contributed by atoms with Crippen molar-refractivity contribution < 1.29 is 0 Å². The number of rotatable bonds is 7. The summed E-state index contributed by atoms with van der Waals surface area (Å²) in [6, 6.07) is 0.877. The van der Waals surface area contributed by atoms with Gasteiger partial charge in [0.05, 0.1) is 0 Å². The molecular weight excluding hydrogens is 190 g/mol. The quantitative estimate of drug-likeness (QED) is 0.698.